The van der Waals surface area contributed by atoms with Crippen molar-refractivity contribution >= 4 is 29.3 Å². The summed E-state index contributed by atoms with van der Waals surface area (Å²) in [5.41, 5.74) is 1.61. The molecule has 1 amide bonds. The summed E-state index contributed by atoms with van der Waals surface area (Å²) >= 11 is 12.1. The van der Waals surface area contributed by atoms with Gasteiger partial charge in [0.15, 0.2) is 0 Å². The van der Waals surface area contributed by atoms with Crippen LogP contribution < -0.4 is 10.1 Å². The van der Waals surface area contributed by atoms with Gasteiger partial charge in [-0.15, -0.1) is 0 Å². The molecule has 1 aromatic heterocycles. The molecule has 0 radical (unpaired) electrons. The van der Waals surface area contributed by atoms with Gasteiger partial charge in [-0.05, 0) is 42.7 Å². The SMILES string of the molecule is O=C(O)NCC1(COc2cncc(-c3cc(Cl)cc(Cl)c3)c2)CC1. The smallest absolute Gasteiger partial charge is 0.404 e. The molecule has 126 valence electrons. The minimum atomic E-state index is -1.01. The fourth-order valence-electron chi connectivity index (χ4n) is 2.42. The van der Waals surface area contributed by atoms with E-state index in [2.05, 4.69) is 10.3 Å². The monoisotopic (exact) mass is 366 g/mol. The second-order valence-corrected chi connectivity index (χ2v) is 6.89. The third-order valence-electron chi connectivity index (χ3n) is 4.03. The highest BCUT2D eigenvalue weighted by Gasteiger charge is 2.43. The molecule has 1 aliphatic rings. The van der Waals surface area contributed by atoms with Crippen LogP contribution in [0.1, 0.15) is 12.8 Å². The molecular formula is C17H16Cl2N2O3. The molecule has 1 heterocycles. The van der Waals surface area contributed by atoms with Crippen LogP contribution in [0.15, 0.2) is 36.7 Å². The molecule has 24 heavy (non-hydrogen) atoms. The Balaban J connectivity index is 1.68. The van der Waals surface area contributed by atoms with Gasteiger partial charge in [0, 0.05) is 33.8 Å². The van der Waals surface area contributed by atoms with Gasteiger partial charge < -0.3 is 15.2 Å². The topological polar surface area (TPSA) is 71.5 Å². The molecule has 7 heteroatoms. The third kappa shape index (κ3) is 4.30. The lowest BCUT2D eigenvalue weighted by Crippen LogP contribution is -2.31. The van der Waals surface area contributed by atoms with Gasteiger partial charge in [-0.3, -0.25) is 4.98 Å². The van der Waals surface area contributed by atoms with Crippen molar-refractivity contribution in [3.8, 4) is 16.9 Å². The molecule has 5 nitrogen and oxygen atoms in total. The van der Waals surface area contributed by atoms with Crippen molar-refractivity contribution in [3.05, 3.63) is 46.7 Å². The maximum Gasteiger partial charge on any atom is 0.404 e. The maximum absolute atomic E-state index is 10.6. The largest absolute Gasteiger partial charge is 0.491 e. The van der Waals surface area contributed by atoms with Crippen LogP contribution in [0.4, 0.5) is 4.79 Å². The van der Waals surface area contributed by atoms with Gasteiger partial charge in [0.1, 0.15) is 5.75 Å². The van der Waals surface area contributed by atoms with E-state index in [1.165, 1.54) is 0 Å². The number of hydrogen-bond donors (Lipinski definition) is 2. The summed E-state index contributed by atoms with van der Waals surface area (Å²) in [7, 11) is 0. The summed E-state index contributed by atoms with van der Waals surface area (Å²) < 4.78 is 5.83. The maximum atomic E-state index is 10.6. The molecule has 1 saturated carbocycles. The Bertz CT molecular complexity index is 743. The molecule has 0 saturated heterocycles. The molecule has 1 aliphatic carbocycles. The Labute approximate surface area is 149 Å². The Morgan fingerprint density at radius 3 is 2.50 bits per heavy atom. The molecule has 2 aromatic rings. The molecular weight excluding hydrogens is 351 g/mol. The van der Waals surface area contributed by atoms with Crippen LogP contribution in [-0.4, -0.2) is 29.3 Å². The zero-order valence-corrected chi connectivity index (χ0v) is 14.3. The second kappa shape index (κ2) is 6.87. The molecule has 0 spiro atoms. The zero-order chi connectivity index (χ0) is 17.2. The van der Waals surface area contributed by atoms with Crippen molar-refractivity contribution in [2.75, 3.05) is 13.2 Å². The molecule has 0 bridgehead atoms. The Morgan fingerprint density at radius 2 is 1.88 bits per heavy atom. The van der Waals surface area contributed by atoms with Crippen LogP contribution in [0.5, 0.6) is 5.75 Å². The van der Waals surface area contributed by atoms with Crippen molar-refractivity contribution < 1.29 is 14.6 Å². The van der Waals surface area contributed by atoms with Crippen LogP contribution in [0.3, 0.4) is 0 Å². The van der Waals surface area contributed by atoms with Crippen LogP contribution >= 0.6 is 23.2 Å². The number of benzene rings is 1. The molecule has 0 aliphatic heterocycles. The van der Waals surface area contributed by atoms with Gasteiger partial charge in [-0.2, -0.15) is 0 Å². The number of nitrogens with zero attached hydrogens (tertiary/aromatic N) is 1. The van der Waals surface area contributed by atoms with E-state index in [0.717, 1.165) is 24.0 Å². The molecule has 0 unspecified atom stereocenters. The predicted molar refractivity (Wildman–Crippen MR) is 92.9 cm³/mol. The quantitative estimate of drug-likeness (QED) is 0.790. The first kappa shape index (κ1) is 16.9. The normalized spacial score (nSPS) is 14.9. The van der Waals surface area contributed by atoms with E-state index in [0.29, 0.717) is 28.9 Å². The molecule has 1 aromatic carbocycles. The van der Waals surface area contributed by atoms with Gasteiger partial charge in [0.2, 0.25) is 0 Å². The van der Waals surface area contributed by atoms with Gasteiger partial charge in [0.05, 0.1) is 12.8 Å². The molecule has 2 N–H and O–H groups in total. The standard InChI is InChI=1S/C17H16Cl2N2O3/c18-13-3-11(4-14(19)6-13)12-5-15(8-20-7-12)24-10-17(1-2-17)9-21-16(22)23/h3-8,21H,1-2,9-10H2,(H,22,23). The number of halogens is 2. The van der Waals surface area contributed by atoms with Crippen molar-refractivity contribution in [2.24, 2.45) is 5.41 Å². The van der Waals surface area contributed by atoms with E-state index in [1.807, 2.05) is 18.2 Å². The summed E-state index contributed by atoms with van der Waals surface area (Å²) in [6.07, 6.45) is 4.24. The summed E-state index contributed by atoms with van der Waals surface area (Å²) in [6.45, 7) is 0.855. The highest BCUT2D eigenvalue weighted by atomic mass is 35.5. The Hall–Kier alpha value is -1.98. The number of rotatable bonds is 6. The number of pyridine rings is 1. The van der Waals surface area contributed by atoms with Gasteiger partial charge in [-0.25, -0.2) is 4.79 Å². The number of nitrogens with one attached hydrogen (secondary N) is 1. The fourth-order valence-corrected chi connectivity index (χ4v) is 2.95. The predicted octanol–water partition coefficient (Wildman–Crippen LogP) is 4.48. The van der Waals surface area contributed by atoms with Crippen LogP contribution in [0.25, 0.3) is 11.1 Å². The molecule has 1 fully saturated rings. The van der Waals surface area contributed by atoms with Gasteiger partial charge in [-0.1, -0.05) is 23.2 Å². The first-order chi connectivity index (χ1) is 11.5. The summed E-state index contributed by atoms with van der Waals surface area (Å²) in [4.78, 5) is 14.8. The van der Waals surface area contributed by atoms with Crippen molar-refractivity contribution in [1.29, 1.82) is 0 Å². The lowest BCUT2D eigenvalue weighted by molar-refractivity contribution is 0.184. The molecule has 3 rings (SSSR count). The van der Waals surface area contributed by atoms with Crippen LogP contribution in [0.2, 0.25) is 10.0 Å². The third-order valence-corrected chi connectivity index (χ3v) is 4.46. The minimum Gasteiger partial charge on any atom is -0.491 e. The minimum absolute atomic E-state index is 0.103. The fraction of sp³-hybridized carbons (Fsp3) is 0.294. The molecule has 0 atom stereocenters. The average molecular weight is 367 g/mol. The first-order valence-corrected chi connectivity index (χ1v) is 8.23. The lowest BCUT2D eigenvalue weighted by atomic mass is 10.1. The van der Waals surface area contributed by atoms with Crippen molar-refractivity contribution in [1.82, 2.24) is 10.3 Å². The Morgan fingerprint density at radius 1 is 1.17 bits per heavy atom. The average Bonchev–Trinajstić information content (AvgIpc) is 3.31. The second-order valence-electron chi connectivity index (χ2n) is 6.01. The zero-order valence-electron chi connectivity index (χ0n) is 12.8. The number of carbonyl (C=O) groups is 1. The van der Waals surface area contributed by atoms with Crippen LogP contribution in [0, 0.1) is 5.41 Å². The van der Waals surface area contributed by atoms with E-state index in [9.17, 15) is 4.79 Å². The number of amides is 1. The van der Waals surface area contributed by atoms with Crippen LogP contribution in [-0.2, 0) is 0 Å². The first-order valence-electron chi connectivity index (χ1n) is 7.47. The van der Waals surface area contributed by atoms with E-state index >= 15 is 0 Å². The van der Waals surface area contributed by atoms with Crippen molar-refractivity contribution in [2.45, 2.75) is 12.8 Å². The van der Waals surface area contributed by atoms with Crippen molar-refractivity contribution in [3.63, 3.8) is 0 Å². The summed E-state index contributed by atoms with van der Waals surface area (Å²) in [5.74, 6) is 0.630. The van der Waals surface area contributed by atoms with Gasteiger partial charge in [0.25, 0.3) is 0 Å². The van der Waals surface area contributed by atoms with E-state index in [-0.39, 0.29) is 5.41 Å². The summed E-state index contributed by atoms with van der Waals surface area (Å²) in [6, 6.07) is 7.17. The number of aromatic nitrogens is 1. The number of ether oxygens (including phenoxy) is 1. The van der Waals surface area contributed by atoms with E-state index in [4.69, 9.17) is 33.0 Å². The number of hydrogen-bond acceptors (Lipinski definition) is 3. The van der Waals surface area contributed by atoms with E-state index in [1.54, 1.807) is 18.5 Å². The van der Waals surface area contributed by atoms with E-state index < -0.39 is 6.09 Å². The highest BCUT2D eigenvalue weighted by molar-refractivity contribution is 6.35. The summed E-state index contributed by atoms with van der Waals surface area (Å²) in [5, 5.41) is 12.3. The highest BCUT2D eigenvalue weighted by Crippen LogP contribution is 2.45. The Kier molecular flexibility index (Phi) is 4.83. The lowest BCUT2D eigenvalue weighted by Gasteiger charge is -2.16. The number of carboxylic acid groups (broad SMARTS) is 1. The van der Waals surface area contributed by atoms with Gasteiger partial charge >= 0.3 is 6.09 Å².